The molecule has 0 aliphatic carbocycles. The van der Waals surface area contributed by atoms with E-state index in [9.17, 15) is 5.11 Å². The first-order valence-electron chi connectivity index (χ1n) is 6.07. The molecule has 17 heavy (non-hydrogen) atoms. The van der Waals surface area contributed by atoms with Crippen LogP contribution in [0.5, 0.6) is 5.75 Å². The number of benzene rings is 1. The first kappa shape index (κ1) is 12.4. The van der Waals surface area contributed by atoms with Crippen molar-refractivity contribution in [2.75, 3.05) is 20.3 Å². The molecule has 1 aliphatic heterocycles. The lowest BCUT2D eigenvalue weighted by atomic mass is 9.96. The van der Waals surface area contributed by atoms with E-state index in [1.54, 1.807) is 7.11 Å². The van der Waals surface area contributed by atoms with Crippen LogP contribution in [-0.2, 0) is 17.6 Å². The summed E-state index contributed by atoms with van der Waals surface area (Å²) in [7, 11) is 1.61. The Morgan fingerprint density at radius 3 is 3.06 bits per heavy atom. The van der Waals surface area contributed by atoms with Gasteiger partial charge in [-0.25, -0.2) is 0 Å². The van der Waals surface area contributed by atoms with E-state index in [2.05, 4.69) is 12.1 Å². The minimum atomic E-state index is -0.746. The van der Waals surface area contributed by atoms with E-state index in [1.807, 2.05) is 13.0 Å². The zero-order valence-electron chi connectivity index (χ0n) is 10.5. The minimum absolute atomic E-state index is 0.376. The maximum atomic E-state index is 10.0. The van der Waals surface area contributed by atoms with E-state index >= 15 is 0 Å². The van der Waals surface area contributed by atoms with Crippen molar-refractivity contribution in [2.45, 2.75) is 31.8 Å². The normalized spacial score (nSPS) is 17.4. The summed E-state index contributed by atoms with van der Waals surface area (Å²) in [5.41, 5.74) is 1.80. The summed E-state index contributed by atoms with van der Waals surface area (Å²) in [6.07, 6.45) is 2.57. The van der Waals surface area contributed by atoms with Gasteiger partial charge in [0.2, 0.25) is 0 Å². The quantitative estimate of drug-likeness (QED) is 0.849. The van der Waals surface area contributed by atoms with Gasteiger partial charge in [0.1, 0.15) is 5.75 Å². The van der Waals surface area contributed by atoms with Crippen LogP contribution >= 0.6 is 0 Å². The Morgan fingerprint density at radius 1 is 1.47 bits per heavy atom. The second kappa shape index (κ2) is 5.07. The number of hydrogen-bond acceptors (Lipinski definition) is 3. The predicted molar refractivity (Wildman–Crippen MR) is 66.5 cm³/mol. The number of rotatable bonds is 5. The Hall–Kier alpha value is -1.06. The topological polar surface area (TPSA) is 38.7 Å². The van der Waals surface area contributed by atoms with Gasteiger partial charge in [0.15, 0.2) is 0 Å². The molecule has 94 valence electrons. The standard InChI is InChI=1S/C14H20O3/c1-14(15,10-16-2)7-5-11-3-4-13-12(9-11)6-8-17-13/h3-4,9,15H,5-8,10H2,1-2H3. The highest BCUT2D eigenvalue weighted by Crippen LogP contribution is 2.27. The van der Waals surface area contributed by atoms with E-state index in [4.69, 9.17) is 9.47 Å². The summed E-state index contributed by atoms with van der Waals surface area (Å²) in [6, 6.07) is 6.29. The summed E-state index contributed by atoms with van der Waals surface area (Å²) in [4.78, 5) is 0. The number of hydrogen-bond donors (Lipinski definition) is 1. The zero-order chi connectivity index (χ0) is 12.3. The van der Waals surface area contributed by atoms with E-state index in [0.29, 0.717) is 13.0 Å². The van der Waals surface area contributed by atoms with E-state index in [-0.39, 0.29) is 0 Å². The molecule has 3 nitrogen and oxygen atoms in total. The summed E-state index contributed by atoms with van der Waals surface area (Å²) in [6.45, 7) is 2.98. The fourth-order valence-electron chi connectivity index (χ4n) is 2.19. The molecular weight excluding hydrogens is 216 g/mol. The summed E-state index contributed by atoms with van der Waals surface area (Å²) >= 11 is 0. The molecule has 0 aromatic heterocycles. The third kappa shape index (κ3) is 3.20. The fourth-order valence-corrected chi connectivity index (χ4v) is 2.19. The zero-order valence-corrected chi connectivity index (χ0v) is 10.5. The maximum absolute atomic E-state index is 10.0. The van der Waals surface area contributed by atoms with Gasteiger partial charge in [-0.15, -0.1) is 0 Å². The first-order valence-corrected chi connectivity index (χ1v) is 6.07. The Bertz CT molecular complexity index is 385. The van der Waals surface area contributed by atoms with Gasteiger partial charge in [0.05, 0.1) is 18.8 Å². The van der Waals surface area contributed by atoms with Crippen LogP contribution in [0.2, 0.25) is 0 Å². The van der Waals surface area contributed by atoms with Crippen molar-refractivity contribution in [1.82, 2.24) is 0 Å². The van der Waals surface area contributed by atoms with Gasteiger partial charge in [0, 0.05) is 13.5 Å². The van der Waals surface area contributed by atoms with E-state index in [1.165, 1.54) is 11.1 Å². The monoisotopic (exact) mass is 236 g/mol. The largest absolute Gasteiger partial charge is 0.493 e. The third-order valence-electron chi connectivity index (χ3n) is 3.16. The van der Waals surface area contributed by atoms with Gasteiger partial charge in [-0.1, -0.05) is 12.1 Å². The van der Waals surface area contributed by atoms with Gasteiger partial charge in [-0.05, 0) is 37.0 Å². The molecule has 1 atom stereocenters. The second-order valence-corrected chi connectivity index (χ2v) is 4.97. The highest BCUT2D eigenvalue weighted by molar-refractivity contribution is 5.39. The van der Waals surface area contributed by atoms with E-state index in [0.717, 1.165) is 25.2 Å². The molecule has 0 spiro atoms. The minimum Gasteiger partial charge on any atom is -0.493 e. The van der Waals surface area contributed by atoms with Crippen molar-refractivity contribution in [2.24, 2.45) is 0 Å². The molecule has 1 aliphatic rings. The van der Waals surface area contributed by atoms with Gasteiger partial charge in [-0.3, -0.25) is 0 Å². The summed E-state index contributed by atoms with van der Waals surface area (Å²) < 4.78 is 10.5. The lowest BCUT2D eigenvalue weighted by Gasteiger charge is -2.22. The van der Waals surface area contributed by atoms with Gasteiger partial charge in [-0.2, -0.15) is 0 Å². The fraction of sp³-hybridized carbons (Fsp3) is 0.571. The number of fused-ring (bicyclic) bond motifs is 1. The highest BCUT2D eigenvalue weighted by atomic mass is 16.5. The van der Waals surface area contributed by atoms with Crippen molar-refractivity contribution in [3.05, 3.63) is 29.3 Å². The predicted octanol–water partition coefficient (Wildman–Crippen LogP) is 1.95. The molecule has 2 rings (SSSR count). The van der Waals surface area contributed by atoms with Crippen LogP contribution in [0.25, 0.3) is 0 Å². The number of methoxy groups -OCH3 is 1. The molecule has 1 aromatic carbocycles. The van der Waals surface area contributed by atoms with Crippen molar-refractivity contribution in [3.63, 3.8) is 0 Å². The number of aryl methyl sites for hydroxylation is 1. The molecule has 0 saturated carbocycles. The van der Waals surface area contributed by atoms with Gasteiger partial charge in [0.25, 0.3) is 0 Å². The van der Waals surface area contributed by atoms with Crippen molar-refractivity contribution < 1.29 is 14.6 Å². The molecule has 0 fully saturated rings. The Balaban J connectivity index is 1.95. The Labute approximate surface area is 102 Å². The molecule has 0 radical (unpaired) electrons. The van der Waals surface area contributed by atoms with Gasteiger partial charge < -0.3 is 14.6 Å². The molecule has 0 bridgehead atoms. The molecule has 1 N–H and O–H groups in total. The Morgan fingerprint density at radius 2 is 2.29 bits per heavy atom. The van der Waals surface area contributed by atoms with E-state index < -0.39 is 5.60 Å². The van der Waals surface area contributed by atoms with Gasteiger partial charge >= 0.3 is 0 Å². The van der Waals surface area contributed by atoms with Crippen LogP contribution in [0.4, 0.5) is 0 Å². The van der Waals surface area contributed by atoms with Crippen LogP contribution in [0.15, 0.2) is 18.2 Å². The lowest BCUT2D eigenvalue weighted by Crippen LogP contribution is -2.30. The van der Waals surface area contributed by atoms with Crippen LogP contribution in [0.1, 0.15) is 24.5 Å². The van der Waals surface area contributed by atoms with Crippen molar-refractivity contribution >= 4 is 0 Å². The summed E-state index contributed by atoms with van der Waals surface area (Å²) in [5.74, 6) is 1.01. The highest BCUT2D eigenvalue weighted by Gasteiger charge is 2.20. The van der Waals surface area contributed by atoms with Crippen molar-refractivity contribution in [3.8, 4) is 5.75 Å². The molecule has 1 heterocycles. The molecule has 0 saturated heterocycles. The number of aliphatic hydroxyl groups is 1. The number of ether oxygens (including phenoxy) is 2. The maximum Gasteiger partial charge on any atom is 0.122 e. The lowest BCUT2D eigenvalue weighted by molar-refractivity contribution is -0.0223. The van der Waals surface area contributed by atoms with Crippen LogP contribution in [0.3, 0.4) is 0 Å². The van der Waals surface area contributed by atoms with Crippen LogP contribution in [-0.4, -0.2) is 31.0 Å². The molecule has 1 unspecified atom stereocenters. The van der Waals surface area contributed by atoms with Crippen molar-refractivity contribution in [1.29, 1.82) is 0 Å². The third-order valence-corrected chi connectivity index (χ3v) is 3.16. The molecule has 0 amide bonds. The summed E-state index contributed by atoms with van der Waals surface area (Å²) in [5, 5.41) is 10.0. The molecular formula is C14H20O3. The average Bonchev–Trinajstić information content (AvgIpc) is 2.73. The Kier molecular flexibility index (Phi) is 3.69. The first-order chi connectivity index (χ1) is 8.11. The van der Waals surface area contributed by atoms with Crippen LogP contribution < -0.4 is 4.74 Å². The SMILES string of the molecule is COCC(C)(O)CCc1ccc2c(c1)CCO2. The smallest absolute Gasteiger partial charge is 0.122 e. The molecule has 3 heteroatoms. The molecule has 1 aromatic rings. The average molecular weight is 236 g/mol. The van der Waals surface area contributed by atoms with Crippen LogP contribution in [0, 0.1) is 0 Å². The second-order valence-electron chi connectivity index (χ2n) is 4.97.